The minimum Gasteiger partial charge on any atom is -0.459 e. The molecule has 1 N–H and O–H groups in total. The summed E-state index contributed by atoms with van der Waals surface area (Å²) in [5.41, 5.74) is 2.66. The van der Waals surface area contributed by atoms with Gasteiger partial charge in [-0.05, 0) is 29.8 Å². The Labute approximate surface area is 188 Å². The standard InChI is InChI=1S/C25H19ClN2O4/c26-18-10-11-19-21(15-18)32-25(30)28(19)13-12-23(29)27-24(16-6-2-1-3-7-16)22-14-17-8-4-5-9-20(17)31-22/h1-11,14-15,24H,12-13H2,(H,27,29)/t24-/m1/s1. The number of benzene rings is 3. The van der Waals surface area contributed by atoms with Crippen molar-refractivity contribution in [3.63, 3.8) is 0 Å². The number of furan rings is 1. The molecular weight excluding hydrogens is 428 g/mol. The summed E-state index contributed by atoms with van der Waals surface area (Å²) in [4.78, 5) is 25.1. The summed E-state index contributed by atoms with van der Waals surface area (Å²) >= 11 is 5.97. The van der Waals surface area contributed by atoms with Crippen LogP contribution < -0.4 is 11.1 Å². The molecule has 1 amide bonds. The van der Waals surface area contributed by atoms with Crippen LogP contribution in [0.5, 0.6) is 0 Å². The summed E-state index contributed by atoms with van der Waals surface area (Å²) in [6.07, 6.45) is 0.0979. The van der Waals surface area contributed by atoms with Crippen molar-refractivity contribution in [1.82, 2.24) is 9.88 Å². The molecule has 1 atom stereocenters. The molecule has 0 fully saturated rings. The largest absolute Gasteiger partial charge is 0.459 e. The van der Waals surface area contributed by atoms with E-state index in [0.717, 1.165) is 16.5 Å². The van der Waals surface area contributed by atoms with Crippen LogP contribution >= 0.6 is 11.6 Å². The maximum atomic E-state index is 12.9. The number of fused-ring (bicyclic) bond motifs is 2. The first-order valence-electron chi connectivity index (χ1n) is 10.2. The number of para-hydroxylation sites is 1. The minimum atomic E-state index is -0.521. The van der Waals surface area contributed by atoms with Crippen LogP contribution in [0.3, 0.4) is 0 Å². The maximum Gasteiger partial charge on any atom is 0.419 e. The van der Waals surface area contributed by atoms with Gasteiger partial charge < -0.3 is 14.2 Å². The number of nitrogens with zero attached hydrogens (tertiary/aromatic N) is 1. The summed E-state index contributed by atoms with van der Waals surface area (Å²) in [6, 6.07) is 23.8. The van der Waals surface area contributed by atoms with Gasteiger partial charge in [0, 0.05) is 29.4 Å². The van der Waals surface area contributed by atoms with Gasteiger partial charge >= 0.3 is 5.76 Å². The molecule has 6 nitrogen and oxygen atoms in total. The number of amides is 1. The lowest BCUT2D eigenvalue weighted by Gasteiger charge is -2.17. The molecule has 5 aromatic rings. The Morgan fingerprint density at radius 2 is 1.72 bits per heavy atom. The lowest BCUT2D eigenvalue weighted by molar-refractivity contribution is -0.121. The fraction of sp³-hybridized carbons (Fsp3) is 0.120. The normalized spacial score (nSPS) is 12.3. The third kappa shape index (κ3) is 3.92. The monoisotopic (exact) mass is 446 g/mol. The van der Waals surface area contributed by atoms with E-state index in [0.29, 0.717) is 21.9 Å². The third-order valence-electron chi connectivity index (χ3n) is 5.36. The Balaban J connectivity index is 1.39. The van der Waals surface area contributed by atoms with Crippen molar-refractivity contribution in [2.24, 2.45) is 0 Å². The van der Waals surface area contributed by atoms with Gasteiger partial charge in [0.25, 0.3) is 0 Å². The van der Waals surface area contributed by atoms with Crippen LogP contribution in [0.25, 0.3) is 22.1 Å². The van der Waals surface area contributed by atoms with E-state index < -0.39 is 11.8 Å². The second-order valence-corrected chi connectivity index (χ2v) is 7.92. The highest BCUT2D eigenvalue weighted by Gasteiger charge is 2.21. The van der Waals surface area contributed by atoms with Gasteiger partial charge in [0.05, 0.1) is 5.52 Å². The summed E-state index contributed by atoms with van der Waals surface area (Å²) in [5.74, 6) is -0.0900. The van der Waals surface area contributed by atoms with Crippen molar-refractivity contribution in [1.29, 1.82) is 0 Å². The average molecular weight is 447 g/mol. The van der Waals surface area contributed by atoms with Crippen LogP contribution in [0, 0.1) is 0 Å². The zero-order valence-corrected chi connectivity index (χ0v) is 17.7. The molecule has 5 rings (SSSR count). The van der Waals surface area contributed by atoms with Crippen LogP contribution in [0.1, 0.15) is 23.8 Å². The number of oxazole rings is 1. The number of aryl methyl sites for hydroxylation is 1. The number of rotatable bonds is 6. The number of aromatic nitrogens is 1. The third-order valence-corrected chi connectivity index (χ3v) is 5.60. The molecule has 3 aromatic carbocycles. The summed E-state index contributed by atoms with van der Waals surface area (Å²) in [5, 5.41) is 4.49. The number of nitrogens with one attached hydrogen (secondary N) is 1. The van der Waals surface area contributed by atoms with E-state index in [1.165, 1.54) is 4.57 Å². The van der Waals surface area contributed by atoms with E-state index in [4.69, 9.17) is 20.4 Å². The highest BCUT2D eigenvalue weighted by atomic mass is 35.5. The smallest absolute Gasteiger partial charge is 0.419 e. The zero-order valence-electron chi connectivity index (χ0n) is 17.0. The highest BCUT2D eigenvalue weighted by Crippen LogP contribution is 2.28. The predicted molar refractivity (Wildman–Crippen MR) is 123 cm³/mol. The summed E-state index contributed by atoms with van der Waals surface area (Å²) in [7, 11) is 0. The number of hydrogen-bond donors (Lipinski definition) is 1. The van der Waals surface area contributed by atoms with E-state index in [-0.39, 0.29) is 18.9 Å². The quantitative estimate of drug-likeness (QED) is 0.384. The van der Waals surface area contributed by atoms with Gasteiger partial charge in [-0.3, -0.25) is 9.36 Å². The molecule has 0 spiro atoms. The first-order chi connectivity index (χ1) is 15.6. The maximum absolute atomic E-state index is 12.9. The van der Waals surface area contributed by atoms with Crippen molar-refractivity contribution < 1.29 is 13.6 Å². The van der Waals surface area contributed by atoms with Crippen molar-refractivity contribution in [2.45, 2.75) is 19.0 Å². The van der Waals surface area contributed by atoms with E-state index in [2.05, 4.69) is 5.32 Å². The summed E-state index contributed by atoms with van der Waals surface area (Å²) in [6.45, 7) is 0.181. The second-order valence-electron chi connectivity index (χ2n) is 7.48. The topological polar surface area (TPSA) is 77.4 Å². The van der Waals surface area contributed by atoms with E-state index >= 15 is 0 Å². The van der Waals surface area contributed by atoms with E-state index in [1.807, 2.05) is 60.7 Å². The molecule has 0 aliphatic carbocycles. The molecule has 0 saturated heterocycles. The Kier molecular flexibility index (Phi) is 5.29. The SMILES string of the molecule is O=C(CCn1c(=O)oc2cc(Cl)ccc21)N[C@H](c1ccccc1)c1cc2ccccc2o1. The van der Waals surface area contributed by atoms with Crippen molar-refractivity contribution >= 4 is 39.6 Å². The van der Waals surface area contributed by atoms with Crippen molar-refractivity contribution in [2.75, 3.05) is 0 Å². The number of halogens is 1. The van der Waals surface area contributed by atoms with Gasteiger partial charge in [-0.15, -0.1) is 0 Å². The van der Waals surface area contributed by atoms with Crippen LogP contribution in [0.4, 0.5) is 0 Å². The molecule has 0 unspecified atom stereocenters. The Hall–Kier alpha value is -3.77. The fourth-order valence-electron chi connectivity index (χ4n) is 3.81. The van der Waals surface area contributed by atoms with Crippen molar-refractivity contribution in [3.05, 3.63) is 106 Å². The molecule has 2 heterocycles. The molecule has 32 heavy (non-hydrogen) atoms. The predicted octanol–water partition coefficient (Wildman–Crippen LogP) is 5.29. The lowest BCUT2D eigenvalue weighted by atomic mass is 10.0. The molecule has 0 radical (unpaired) electrons. The van der Waals surface area contributed by atoms with Crippen LogP contribution in [0.15, 0.2) is 92.5 Å². The molecule has 0 aliphatic rings. The van der Waals surface area contributed by atoms with E-state index in [1.54, 1.807) is 18.2 Å². The average Bonchev–Trinajstić information content (AvgIpc) is 3.36. The first kappa shape index (κ1) is 20.2. The molecule has 0 bridgehead atoms. The van der Waals surface area contributed by atoms with Gasteiger partial charge in [0.2, 0.25) is 5.91 Å². The zero-order chi connectivity index (χ0) is 22.1. The lowest BCUT2D eigenvalue weighted by Crippen LogP contribution is -2.30. The molecule has 2 aromatic heterocycles. The fourth-order valence-corrected chi connectivity index (χ4v) is 3.97. The van der Waals surface area contributed by atoms with Crippen molar-refractivity contribution in [3.8, 4) is 0 Å². The number of carbonyl (C=O) groups excluding carboxylic acids is 1. The van der Waals surface area contributed by atoms with Gasteiger partial charge in [0.1, 0.15) is 17.4 Å². The van der Waals surface area contributed by atoms with Crippen LogP contribution in [-0.2, 0) is 11.3 Å². The Morgan fingerprint density at radius 1 is 0.938 bits per heavy atom. The van der Waals surface area contributed by atoms with Crippen LogP contribution in [-0.4, -0.2) is 10.5 Å². The first-order valence-corrected chi connectivity index (χ1v) is 10.6. The number of carbonyl (C=O) groups is 1. The highest BCUT2D eigenvalue weighted by molar-refractivity contribution is 6.31. The molecular formula is C25H19ClN2O4. The van der Waals surface area contributed by atoms with E-state index in [9.17, 15) is 9.59 Å². The molecule has 0 saturated carbocycles. The van der Waals surface area contributed by atoms with Gasteiger partial charge in [0.15, 0.2) is 5.58 Å². The molecule has 0 aliphatic heterocycles. The Bertz CT molecular complexity index is 1430. The van der Waals surface area contributed by atoms with Gasteiger partial charge in [-0.2, -0.15) is 0 Å². The number of hydrogen-bond acceptors (Lipinski definition) is 4. The summed E-state index contributed by atoms with van der Waals surface area (Å²) < 4.78 is 12.7. The second kappa shape index (κ2) is 8.40. The molecule has 160 valence electrons. The van der Waals surface area contributed by atoms with Gasteiger partial charge in [-0.25, -0.2) is 4.79 Å². The van der Waals surface area contributed by atoms with Gasteiger partial charge in [-0.1, -0.05) is 60.1 Å². The molecule has 7 heteroatoms. The minimum absolute atomic E-state index is 0.0979. The van der Waals surface area contributed by atoms with Crippen LogP contribution in [0.2, 0.25) is 5.02 Å². The Morgan fingerprint density at radius 3 is 2.53 bits per heavy atom.